The van der Waals surface area contributed by atoms with Crippen molar-refractivity contribution in [1.82, 2.24) is 0 Å². The number of aromatic hydroxyl groups is 2. The number of ether oxygens (including phenoxy) is 2. The normalized spacial score (nSPS) is 21.2. The van der Waals surface area contributed by atoms with Crippen molar-refractivity contribution in [2.45, 2.75) is 38.9 Å². The standard InChI is InChI=1S/C19H18O5/c1-8-5-12-14-10(7-13(20)15(12)18(22)23-8)6-11-9(2)19(3,4)24-17(11)16(14)21/h6-8,20-21H,2,5H2,1,3-4H3. The van der Waals surface area contributed by atoms with Gasteiger partial charge in [-0.25, -0.2) is 4.79 Å². The third kappa shape index (κ3) is 1.78. The fourth-order valence-electron chi connectivity index (χ4n) is 3.57. The van der Waals surface area contributed by atoms with E-state index in [0.717, 1.165) is 11.1 Å². The highest BCUT2D eigenvalue weighted by molar-refractivity contribution is 6.07. The van der Waals surface area contributed by atoms with E-state index in [9.17, 15) is 15.0 Å². The van der Waals surface area contributed by atoms with Crippen LogP contribution in [0.1, 0.15) is 42.3 Å². The molecule has 124 valence electrons. The zero-order chi connectivity index (χ0) is 17.4. The van der Waals surface area contributed by atoms with E-state index >= 15 is 0 Å². The number of phenols is 2. The number of rotatable bonds is 0. The summed E-state index contributed by atoms with van der Waals surface area (Å²) in [7, 11) is 0. The zero-order valence-corrected chi connectivity index (χ0v) is 13.8. The first-order chi connectivity index (χ1) is 11.2. The summed E-state index contributed by atoms with van der Waals surface area (Å²) in [5.74, 6) is -0.365. The Morgan fingerprint density at radius 1 is 1.29 bits per heavy atom. The van der Waals surface area contributed by atoms with E-state index in [1.807, 2.05) is 19.9 Å². The van der Waals surface area contributed by atoms with Gasteiger partial charge in [0.25, 0.3) is 0 Å². The van der Waals surface area contributed by atoms with Gasteiger partial charge in [0.05, 0.1) is 0 Å². The van der Waals surface area contributed by atoms with Gasteiger partial charge in [0.1, 0.15) is 23.0 Å². The predicted molar refractivity (Wildman–Crippen MR) is 89.6 cm³/mol. The third-order valence-electron chi connectivity index (χ3n) is 4.85. The van der Waals surface area contributed by atoms with E-state index in [4.69, 9.17) is 9.47 Å². The fourth-order valence-corrected chi connectivity index (χ4v) is 3.57. The van der Waals surface area contributed by atoms with Gasteiger partial charge in [-0.05, 0) is 49.4 Å². The quantitative estimate of drug-likeness (QED) is 0.724. The lowest BCUT2D eigenvalue weighted by molar-refractivity contribution is 0.0298. The molecule has 1 atom stereocenters. The fraction of sp³-hybridized carbons (Fsp3) is 0.316. The Hall–Kier alpha value is -2.69. The molecule has 0 saturated heterocycles. The van der Waals surface area contributed by atoms with Crippen LogP contribution >= 0.6 is 0 Å². The molecule has 2 N–H and O–H groups in total. The van der Waals surface area contributed by atoms with Crippen LogP contribution in [0.4, 0.5) is 0 Å². The Labute approximate surface area is 139 Å². The van der Waals surface area contributed by atoms with Crippen LogP contribution in [0.25, 0.3) is 16.3 Å². The van der Waals surface area contributed by atoms with E-state index in [1.165, 1.54) is 6.07 Å². The molecule has 2 aliphatic heterocycles. The maximum Gasteiger partial charge on any atom is 0.342 e. The van der Waals surface area contributed by atoms with Crippen LogP contribution in [0.2, 0.25) is 0 Å². The highest BCUT2D eigenvalue weighted by Crippen LogP contribution is 2.52. The van der Waals surface area contributed by atoms with Crippen molar-refractivity contribution in [3.63, 3.8) is 0 Å². The van der Waals surface area contributed by atoms with Crippen molar-refractivity contribution < 1.29 is 24.5 Å². The topological polar surface area (TPSA) is 76.0 Å². The molecule has 0 aromatic heterocycles. The van der Waals surface area contributed by atoms with Gasteiger partial charge in [-0.3, -0.25) is 0 Å². The largest absolute Gasteiger partial charge is 0.507 e. The number of esters is 1. The van der Waals surface area contributed by atoms with Gasteiger partial charge in [0.2, 0.25) is 0 Å². The molecule has 0 saturated carbocycles. The van der Waals surface area contributed by atoms with Gasteiger partial charge in [0, 0.05) is 17.4 Å². The molecule has 5 heteroatoms. The van der Waals surface area contributed by atoms with Crippen LogP contribution in [0.5, 0.6) is 17.2 Å². The minimum Gasteiger partial charge on any atom is -0.507 e. The minimum absolute atomic E-state index is 0.0209. The number of fused-ring (bicyclic) bond motifs is 4. The molecule has 2 aromatic carbocycles. The molecule has 2 heterocycles. The molecule has 5 nitrogen and oxygen atoms in total. The Morgan fingerprint density at radius 2 is 2.00 bits per heavy atom. The first-order valence-corrected chi connectivity index (χ1v) is 7.85. The number of carbonyl (C=O) groups is 1. The van der Waals surface area contributed by atoms with E-state index in [0.29, 0.717) is 28.5 Å². The summed E-state index contributed by atoms with van der Waals surface area (Å²) in [6.07, 6.45) is 0.0952. The van der Waals surface area contributed by atoms with Crippen molar-refractivity contribution in [2.75, 3.05) is 0 Å². The van der Waals surface area contributed by atoms with Gasteiger partial charge >= 0.3 is 5.97 Å². The molecule has 0 spiro atoms. The summed E-state index contributed by atoms with van der Waals surface area (Å²) in [6.45, 7) is 9.60. The number of hydrogen-bond donors (Lipinski definition) is 2. The summed E-state index contributed by atoms with van der Waals surface area (Å²) in [6, 6.07) is 3.32. The molecule has 0 amide bonds. The molecule has 4 rings (SSSR count). The number of carbonyl (C=O) groups excluding carboxylic acids is 1. The lowest BCUT2D eigenvalue weighted by Crippen LogP contribution is -2.25. The molecule has 0 radical (unpaired) electrons. The van der Waals surface area contributed by atoms with Crippen molar-refractivity contribution in [1.29, 1.82) is 0 Å². The smallest absolute Gasteiger partial charge is 0.342 e. The maximum absolute atomic E-state index is 12.2. The van der Waals surface area contributed by atoms with Gasteiger partial charge < -0.3 is 19.7 Å². The second-order valence-electron chi connectivity index (χ2n) is 6.96. The Bertz CT molecular complexity index is 939. The summed E-state index contributed by atoms with van der Waals surface area (Å²) < 4.78 is 11.1. The third-order valence-corrected chi connectivity index (χ3v) is 4.85. The first-order valence-electron chi connectivity index (χ1n) is 7.85. The van der Waals surface area contributed by atoms with Gasteiger partial charge in [-0.15, -0.1) is 0 Å². The average molecular weight is 326 g/mol. The summed E-state index contributed by atoms with van der Waals surface area (Å²) in [4.78, 5) is 12.2. The van der Waals surface area contributed by atoms with Crippen LogP contribution in [-0.2, 0) is 11.2 Å². The Kier molecular flexibility index (Phi) is 2.75. The maximum atomic E-state index is 12.2. The second kappa shape index (κ2) is 4.44. The van der Waals surface area contributed by atoms with E-state index < -0.39 is 11.6 Å². The number of hydrogen-bond acceptors (Lipinski definition) is 5. The average Bonchev–Trinajstić information content (AvgIpc) is 2.70. The molecular formula is C19H18O5. The van der Waals surface area contributed by atoms with Crippen LogP contribution in [-0.4, -0.2) is 27.9 Å². The number of cyclic esters (lactones) is 1. The SMILES string of the molecule is C=C1c2cc3cc(O)c4c(c3c(O)c2OC1(C)C)CC(C)OC4=O. The molecular weight excluding hydrogens is 308 g/mol. The molecule has 0 aliphatic carbocycles. The summed E-state index contributed by atoms with van der Waals surface area (Å²) in [5.41, 5.74) is 1.57. The minimum atomic E-state index is -0.620. The van der Waals surface area contributed by atoms with E-state index in [2.05, 4.69) is 6.58 Å². The Morgan fingerprint density at radius 3 is 2.71 bits per heavy atom. The van der Waals surface area contributed by atoms with Gasteiger partial charge in [0.15, 0.2) is 11.5 Å². The summed E-state index contributed by atoms with van der Waals surface area (Å²) in [5, 5.41) is 22.3. The zero-order valence-electron chi connectivity index (χ0n) is 13.8. The van der Waals surface area contributed by atoms with Crippen molar-refractivity contribution in [3.8, 4) is 17.2 Å². The predicted octanol–water partition coefficient (Wildman–Crippen LogP) is 3.54. The monoisotopic (exact) mass is 326 g/mol. The number of phenolic OH excluding ortho intramolecular Hbond substituents is 2. The van der Waals surface area contributed by atoms with Gasteiger partial charge in [-0.1, -0.05) is 6.58 Å². The van der Waals surface area contributed by atoms with Crippen LogP contribution in [0, 0.1) is 0 Å². The second-order valence-corrected chi connectivity index (χ2v) is 6.96. The highest BCUT2D eigenvalue weighted by atomic mass is 16.5. The molecule has 0 fully saturated rings. The van der Waals surface area contributed by atoms with Crippen LogP contribution in [0.3, 0.4) is 0 Å². The summed E-state index contributed by atoms with van der Waals surface area (Å²) >= 11 is 0. The molecule has 2 aromatic rings. The first kappa shape index (κ1) is 14.9. The van der Waals surface area contributed by atoms with E-state index in [-0.39, 0.29) is 23.2 Å². The lowest BCUT2D eigenvalue weighted by Gasteiger charge is -2.24. The molecule has 24 heavy (non-hydrogen) atoms. The molecule has 2 aliphatic rings. The molecule has 1 unspecified atom stereocenters. The van der Waals surface area contributed by atoms with Crippen molar-refractivity contribution in [2.24, 2.45) is 0 Å². The van der Waals surface area contributed by atoms with Crippen LogP contribution in [0.15, 0.2) is 18.7 Å². The molecule has 0 bridgehead atoms. The Balaban J connectivity index is 2.10. The lowest BCUT2D eigenvalue weighted by atomic mass is 9.88. The number of benzene rings is 2. The van der Waals surface area contributed by atoms with E-state index in [1.54, 1.807) is 6.92 Å². The van der Waals surface area contributed by atoms with Crippen molar-refractivity contribution in [3.05, 3.63) is 35.4 Å². The van der Waals surface area contributed by atoms with Gasteiger partial charge in [-0.2, -0.15) is 0 Å². The van der Waals surface area contributed by atoms with Crippen molar-refractivity contribution >= 4 is 22.3 Å². The van der Waals surface area contributed by atoms with Crippen LogP contribution < -0.4 is 4.74 Å². The highest BCUT2D eigenvalue weighted by Gasteiger charge is 2.38.